The van der Waals surface area contributed by atoms with Gasteiger partial charge in [0.2, 0.25) is 0 Å². The fraction of sp³-hybridized carbons (Fsp3) is 0.357. The number of imidazole rings is 1. The lowest BCUT2D eigenvalue weighted by molar-refractivity contribution is 0.268. The first-order valence-electron chi connectivity index (χ1n) is 6.40. The van der Waals surface area contributed by atoms with Crippen LogP contribution in [-0.4, -0.2) is 22.7 Å². The van der Waals surface area contributed by atoms with Gasteiger partial charge in [0.1, 0.15) is 12.4 Å². The molecule has 0 aliphatic carbocycles. The van der Waals surface area contributed by atoms with Gasteiger partial charge in [0.25, 0.3) is 0 Å². The van der Waals surface area contributed by atoms with Crippen molar-refractivity contribution in [1.82, 2.24) is 9.55 Å². The summed E-state index contributed by atoms with van der Waals surface area (Å²) in [6.07, 6.45) is 3.89. The minimum atomic E-state index is -0.698. The molecule has 0 atom stereocenters. The Labute approximate surface area is 116 Å². The molecule has 0 aliphatic heterocycles. The van der Waals surface area contributed by atoms with E-state index in [0.29, 0.717) is 25.1 Å². The summed E-state index contributed by atoms with van der Waals surface area (Å²) in [5.41, 5.74) is 5.89. The molecular formula is C14H17F2N3O. The van der Waals surface area contributed by atoms with Crippen molar-refractivity contribution < 1.29 is 13.5 Å². The average Bonchev–Trinajstić information content (AvgIpc) is 2.79. The van der Waals surface area contributed by atoms with Crippen LogP contribution in [0, 0.1) is 18.6 Å². The van der Waals surface area contributed by atoms with Gasteiger partial charge < -0.3 is 15.0 Å². The molecule has 1 aromatic heterocycles. The Kier molecular flexibility index (Phi) is 4.68. The van der Waals surface area contributed by atoms with Crippen molar-refractivity contribution in [2.24, 2.45) is 5.73 Å². The molecular weight excluding hydrogens is 264 g/mol. The monoisotopic (exact) mass is 281 g/mol. The van der Waals surface area contributed by atoms with Crippen molar-refractivity contribution in [2.75, 3.05) is 13.2 Å². The first kappa shape index (κ1) is 14.5. The highest BCUT2D eigenvalue weighted by atomic mass is 19.1. The molecule has 6 heteroatoms. The van der Waals surface area contributed by atoms with Gasteiger partial charge in [-0.2, -0.15) is 0 Å². The number of hydrogen-bond donors (Lipinski definition) is 1. The quantitative estimate of drug-likeness (QED) is 0.881. The molecule has 0 unspecified atom stereocenters. The summed E-state index contributed by atoms with van der Waals surface area (Å²) in [5, 5.41) is 0. The second-order valence-corrected chi connectivity index (χ2v) is 4.44. The summed E-state index contributed by atoms with van der Waals surface area (Å²) in [6.45, 7) is 2.85. The first-order chi connectivity index (χ1) is 9.61. The standard InChI is InChI=1S/C14H17F2N3O/c1-10-18-4-5-19(10)6-7-20-14-12(15)8-11(2-3-17)9-13(14)16/h4-5,8-9H,2-3,6-7,17H2,1H3. The van der Waals surface area contributed by atoms with Crippen LogP contribution < -0.4 is 10.5 Å². The van der Waals surface area contributed by atoms with Crippen LogP contribution in [0.3, 0.4) is 0 Å². The van der Waals surface area contributed by atoms with E-state index in [4.69, 9.17) is 10.5 Å². The predicted octanol–water partition coefficient (Wildman–Crippen LogP) is 2.05. The van der Waals surface area contributed by atoms with Gasteiger partial charge in [0.05, 0.1) is 6.54 Å². The van der Waals surface area contributed by atoms with Gasteiger partial charge in [-0.3, -0.25) is 0 Å². The summed E-state index contributed by atoms with van der Waals surface area (Å²) >= 11 is 0. The third-order valence-electron chi connectivity index (χ3n) is 2.99. The Morgan fingerprint density at radius 3 is 2.55 bits per heavy atom. The van der Waals surface area contributed by atoms with Crippen LogP contribution in [-0.2, 0) is 13.0 Å². The summed E-state index contributed by atoms with van der Waals surface area (Å²) in [4.78, 5) is 4.06. The minimum Gasteiger partial charge on any atom is -0.486 e. The SMILES string of the molecule is Cc1nccn1CCOc1c(F)cc(CCN)cc1F. The molecule has 0 bridgehead atoms. The molecule has 0 radical (unpaired) electrons. The van der Waals surface area contributed by atoms with Crippen LogP contribution >= 0.6 is 0 Å². The summed E-state index contributed by atoms with van der Waals surface area (Å²) < 4.78 is 34.6. The number of benzene rings is 1. The van der Waals surface area contributed by atoms with Crippen molar-refractivity contribution in [1.29, 1.82) is 0 Å². The van der Waals surface area contributed by atoms with Gasteiger partial charge in [0.15, 0.2) is 17.4 Å². The van der Waals surface area contributed by atoms with Crippen molar-refractivity contribution in [3.8, 4) is 5.75 Å². The van der Waals surface area contributed by atoms with E-state index in [2.05, 4.69) is 4.98 Å². The molecule has 0 fully saturated rings. The highest BCUT2D eigenvalue weighted by Crippen LogP contribution is 2.23. The number of rotatable bonds is 6. The van der Waals surface area contributed by atoms with Crippen LogP contribution in [0.2, 0.25) is 0 Å². The zero-order valence-corrected chi connectivity index (χ0v) is 11.3. The minimum absolute atomic E-state index is 0.168. The normalized spacial score (nSPS) is 10.8. The smallest absolute Gasteiger partial charge is 0.190 e. The van der Waals surface area contributed by atoms with Crippen molar-refractivity contribution in [2.45, 2.75) is 19.9 Å². The molecule has 0 aliphatic rings. The summed E-state index contributed by atoms with van der Waals surface area (Å²) in [5.74, 6) is -0.914. The number of nitrogens with zero attached hydrogens (tertiary/aromatic N) is 2. The molecule has 0 saturated carbocycles. The maximum atomic E-state index is 13.8. The molecule has 0 saturated heterocycles. The van der Waals surface area contributed by atoms with Gasteiger partial charge >= 0.3 is 0 Å². The number of hydrogen-bond acceptors (Lipinski definition) is 3. The number of aromatic nitrogens is 2. The largest absolute Gasteiger partial charge is 0.486 e. The van der Waals surface area contributed by atoms with Crippen molar-refractivity contribution in [3.05, 3.63) is 47.5 Å². The molecule has 2 aromatic rings. The highest BCUT2D eigenvalue weighted by Gasteiger charge is 2.12. The van der Waals surface area contributed by atoms with Crippen LogP contribution in [0.5, 0.6) is 5.75 Å². The highest BCUT2D eigenvalue weighted by molar-refractivity contribution is 5.31. The fourth-order valence-corrected chi connectivity index (χ4v) is 1.95. The van der Waals surface area contributed by atoms with Crippen LogP contribution in [0.4, 0.5) is 8.78 Å². The zero-order valence-electron chi connectivity index (χ0n) is 11.3. The van der Waals surface area contributed by atoms with E-state index in [-0.39, 0.29) is 12.4 Å². The molecule has 0 spiro atoms. The van der Waals surface area contributed by atoms with Crippen molar-refractivity contribution in [3.63, 3.8) is 0 Å². The lowest BCUT2D eigenvalue weighted by Gasteiger charge is -2.11. The maximum Gasteiger partial charge on any atom is 0.190 e. The molecule has 4 nitrogen and oxygen atoms in total. The Hall–Kier alpha value is -1.95. The maximum absolute atomic E-state index is 13.8. The Morgan fingerprint density at radius 2 is 2.00 bits per heavy atom. The Balaban J connectivity index is 2.01. The van der Waals surface area contributed by atoms with E-state index in [0.717, 1.165) is 5.82 Å². The van der Waals surface area contributed by atoms with Gasteiger partial charge in [-0.05, 0) is 37.6 Å². The van der Waals surface area contributed by atoms with Gasteiger partial charge in [-0.15, -0.1) is 0 Å². The molecule has 20 heavy (non-hydrogen) atoms. The van der Waals surface area contributed by atoms with Gasteiger partial charge in [0, 0.05) is 12.4 Å². The van der Waals surface area contributed by atoms with E-state index >= 15 is 0 Å². The van der Waals surface area contributed by atoms with E-state index in [1.54, 1.807) is 12.4 Å². The Morgan fingerprint density at radius 1 is 1.30 bits per heavy atom. The second-order valence-electron chi connectivity index (χ2n) is 4.44. The lowest BCUT2D eigenvalue weighted by atomic mass is 10.1. The van der Waals surface area contributed by atoms with Gasteiger partial charge in [-0.25, -0.2) is 13.8 Å². The van der Waals surface area contributed by atoms with Crippen molar-refractivity contribution >= 4 is 0 Å². The lowest BCUT2D eigenvalue weighted by Crippen LogP contribution is -2.11. The second kappa shape index (κ2) is 6.47. The van der Waals surface area contributed by atoms with E-state index in [9.17, 15) is 8.78 Å². The zero-order chi connectivity index (χ0) is 14.5. The summed E-state index contributed by atoms with van der Waals surface area (Å²) in [7, 11) is 0. The third kappa shape index (κ3) is 3.33. The first-order valence-corrected chi connectivity index (χ1v) is 6.40. The number of halogens is 2. The topological polar surface area (TPSA) is 53.1 Å². The van der Waals surface area contributed by atoms with Crippen LogP contribution in [0.1, 0.15) is 11.4 Å². The van der Waals surface area contributed by atoms with E-state index < -0.39 is 11.6 Å². The molecule has 0 amide bonds. The van der Waals surface area contributed by atoms with E-state index in [1.807, 2.05) is 11.5 Å². The summed E-state index contributed by atoms with van der Waals surface area (Å²) in [6, 6.07) is 2.52. The molecule has 1 heterocycles. The molecule has 1 aromatic carbocycles. The number of aryl methyl sites for hydroxylation is 1. The molecule has 2 N–H and O–H groups in total. The van der Waals surface area contributed by atoms with Crippen LogP contribution in [0.25, 0.3) is 0 Å². The van der Waals surface area contributed by atoms with E-state index in [1.165, 1.54) is 12.1 Å². The number of ether oxygens (including phenoxy) is 1. The fourth-order valence-electron chi connectivity index (χ4n) is 1.95. The average molecular weight is 281 g/mol. The van der Waals surface area contributed by atoms with Gasteiger partial charge in [-0.1, -0.05) is 0 Å². The number of nitrogens with two attached hydrogens (primary N) is 1. The Bertz CT molecular complexity index is 561. The predicted molar refractivity (Wildman–Crippen MR) is 71.6 cm³/mol. The third-order valence-corrected chi connectivity index (χ3v) is 2.99. The molecule has 2 rings (SSSR count). The van der Waals surface area contributed by atoms with Crippen LogP contribution in [0.15, 0.2) is 24.5 Å². The molecule has 108 valence electrons.